The summed E-state index contributed by atoms with van der Waals surface area (Å²) in [6.45, 7) is 4.65. The van der Waals surface area contributed by atoms with Crippen LogP contribution in [0.25, 0.3) is 10.6 Å². The fourth-order valence-electron chi connectivity index (χ4n) is 3.81. The maximum Gasteiger partial charge on any atom is 0.269 e. The van der Waals surface area contributed by atoms with E-state index in [1.165, 1.54) is 12.1 Å². The summed E-state index contributed by atoms with van der Waals surface area (Å²) >= 11 is 1.67. The summed E-state index contributed by atoms with van der Waals surface area (Å²) in [6, 6.07) is 16.5. The number of thiazole rings is 1. The molecule has 1 amide bonds. The number of amides is 1. The lowest BCUT2D eigenvalue weighted by Crippen LogP contribution is -2.48. The first kappa shape index (κ1) is 22.9. The van der Waals surface area contributed by atoms with Gasteiger partial charge in [-0.2, -0.15) is 0 Å². The Bertz CT molecular complexity index is 1060. The Morgan fingerprint density at radius 3 is 2.48 bits per heavy atom. The van der Waals surface area contributed by atoms with E-state index in [-0.39, 0.29) is 11.6 Å². The highest BCUT2D eigenvalue weighted by Crippen LogP contribution is 2.24. The SMILES string of the molecule is O=C(CCCNc1ccc([N+](=O)[O-])cc1)N1CCN(Cc2csc(-c3ccccc3)n2)CC1. The summed E-state index contributed by atoms with van der Waals surface area (Å²) in [5.74, 6) is 0.181. The molecule has 0 radical (unpaired) electrons. The molecule has 3 aromatic rings. The van der Waals surface area contributed by atoms with Crippen molar-refractivity contribution in [3.63, 3.8) is 0 Å². The van der Waals surface area contributed by atoms with Crippen LogP contribution in [0.4, 0.5) is 11.4 Å². The molecule has 2 heterocycles. The average Bonchev–Trinajstić information content (AvgIpc) is 3.31. The quantitative estimate of drug-likeness (QED) is 0.289. The molecule has 0 saturated carbocycles. The molecule has 0 bridgehead atoms. The first-order valence-corrected chi connectivity index (χ1v) is 11.9. The van der Waals surface area contributed by atoms with E-state index in [9.17, 15) is 14.9 Å². The molecule has 1 aromatic heterocycles. The largest absolute Gasteiger partial charge is 0.385 e. The van der Waals surface area contributed by atoms with E-state index in [1.807, 2.05) is 23.1 Å². The van der Waals surface area contributed by atoms with Crippen molar-refractivity contribution < 1.29 is 9.72 Å². The zero-order chi connectivity index (χ0) is 23.0. The zero-order valence-corrected chi connectivity index (χ0v) is 19.2. The Labute approximate surface area is 197 Å². The number of aromatic nitrogens is 1. The van der Waals surface area contributed by atoms with Gasteiger partial charge in [-0.3, -0.25) is 19.8 Å². The molecule has 1 fully saturated rings. The summed E-state index contributed by atoms with van der Waals surface area (Å²) in [4.78, 5) is 31.9. The number of carbonyl (C=O) groups excluding carboxylic acids is 1. The molecule has 9 heteroatoms. The van der Waals surface area contributed by atoms with Crippen LogP contribution in [-0.2, 0) is 11.3 Å². The van der Waals surface area contributed by atoms with Crippen LogP contribution in [0.1, 0.15) is 18.5 Å². The lowest BCUT2D eigenvalue weighted by Gasteiger charge is -2.34. The average molecular weight is 466 g/mol. The fraction of sp³-hybridized carbons (Fsp3) is 0.333. The van der Waals surface area contributed by atoms with Crippen molar-refractivity contribution in [1.82, 2.24) is 14.8 Å². The van der Waals surface area contributed by atoms with E-state index in [4.69, 9.17) is 4.98 Å². The summed E-state index contributed by atoms with van der Waals surface area (Å²) < 4.78 is 0. The van der Waals surface area contributed by atoms with Crippen LogP contribution in [0.5, 0.6) is 0 Å². The molecule has 1 saturated heterocycles. The number of nitro groups is 1. The number of nitrogens with zero attached hydrogens (tertiary/aromatic N) is 4. The van der Waals surface area contributed by atoms with Gasteiger partial charge in [0.05, 0.1) is 10.6 Å². The van der Waals surface area contributed by atoms with Gasteiger partial charge in [-0.25, -0.2) is 4.98 Å². The monoisotopic (exact) mass is 465 g/mol. The van der Waals surface area contributed by atoms with E-state index in [0.717, 1.165) is 61.1 Å². The van der Waals surface area contributed by atoms with Gasteiger partial charge in [-0.1, -0.05) is 30.3 Å². The molecule has 33 heavy (non-hydrogen) atoms. The number of hydrogen-bond donors (Lipinski definition) is 1. The van der Waals surface area contributed by atoms with Crippen LogP contribution >= 0.6 is 11.3 Å². The first-order valence-electron chi connectivity index (χ1n) is 11.1. The number of piperazine rings is 1. The highest BCUT2D eigenvalue weighted by atomic mass is 32.1. The Hall–Kier alpha value is -3.30. The minimum absolute atomic E-state index is 0.0706. The van der Waals surface area contributed by atoms with Crippen LogP contribution < -0.4 is 5.32 Å². The number of carbonyl (C=O) groups is 1. The van der Waals surface area contributed by atoms with E-state index in [0.29, 0.717) is 13.0 Å². The summed E-state index contributed by atoms with van der Waals surface area (Å²) in [7, 11) is 0. The molecule has 1 N–H and O–H groups in total. The van der Waals surface area contributed by atoms with Crippen molar-refractivity contribution in [2.45, 2.75) is 19.4 Å². The number of nitro benzene ring substituents is 1. The van der Waals surface area contributed by atoms with Gasteiger partial charge in [-0.05, 0) is 18.6 Å². The second-order valence-electron chi connectivity index (χ2n) is 8.00. The fourth-order valence-corrected chi connectivity index (χ4v) is 4.63. The number of nitrogens with one attached hydrogen (secondary N) is 1. The van der Waals surface area contributed by atoms with Crippen LogP contribution in [0.3, 0.4) is 0 Å². The van der Waals surface area contributed by atoms with Crippen molar-refractivity contribution in [1.29, 1.82) is 0 Å². The highest BCUT2D eigenvalue weighted by molar-refractivity contribution is 7.13. The molecule has 8 nitrogen and oxygen atoms in total. The minimum atomic E-state index is -0.416. The molecule has 172 valence electrons. The number of non-ortho nitro benzene ring substituents is 1. The smallest absolute Gasteiger partial charge is 0.269 e. The van der Waals surface area contributed by atoms with Gasteiger partial charge in [0.2, 0.25) is 5.91 Å². The van der Waals surface area contributed by atoms with Gasteiger partial charge in [0.15, 0.2) is 0 Å². The second-order valence-corrected chi connectivity index (χ2v) is 8.86. The zero-order valence-electron chi connectivity index (χ0n) is 18.4. The molecular formula is C24H27N5O3S. The van der Waals surface area contributed by atoms with Gasteiger partial charge in [0.1, 0.15) is 5.01 Å². The second kappa shape index (κ2) is 11.0. The molecule has 1 aliphatic rings. The summed E-state index contributed by atoms with van der Waals surface area (Å²) in [6.07, 6.45) is 1.21. The maximum atomic E-state index is 12.5. The van der Waals surface area contributed by atoms with Gasteiger partial charge in [-0.15, -0.1) is 11.3 Å². The van der Waals surface area contributed by atoms with Crippen LogP contribution in [0.2, 0.25) is 0 Å². The van der Waals surface area contributed by atoms with Crippen molar-refractivity contribution in [3.05, 3.63) is 75.8 Å². The van der Waals surface area contributed by atoms with Gasteiger partial charge >= 0.3 is 0 Å². The maximum absolute atomic E-state index is 12.5. The van der Waals surface area contributed by atoms with Crippen LogP contribution in [-0.4, -0.2) is 58.3 Å². The standard InChI is InChI=1S/C24H27N5O3S/c30-23(7-4-12-25-20-8-10-22(11-9-20)29(31)32)28-15-13-27(14-16-28)17-21-18-33-24(26-21)19-5-2-1-3-6-19/h1-3,5-6,8-11,18,25H,4,7,12-17H2. The number of anilines is 1. The predicted molar refractivity (Wildman–Crippen MR) is 130 cm³/mol. The van der Waals surface area contributed by atoms with E-state index >= 15 is 0 Å². The third kappa shape index (κ3) is 6.36. The van der Waals surface area contributed by atoms with Crippen LogP contribution in [0.15, 0.2) is 60.0 Å². The lowest BCUT2D eigenvalue weighted by atomic mass is 10.2. The molecule has 2 aromatic carbocycles. The van der Waals surface area contributed by atoms with Gasteiger partial charge in [0, 0.05) is 74.5 Å². The minimum Gasteiger partial charge on any atom is -0.385 e. The van der Waals surface area contributed by atoms with E-state index < -0.39 is 4.92 Å². The predicted octanol–water partition coefficient (Wildman–Crippen LogP) is 4.25. The Morgan fingerprint density at radius 1 is 1.06 bits per heavy atom. The molecule has 0 unspecified atom stereocenters. The number of hydrogen-bond acceptors (Lipinski definition) is 7. The van der Waals surface area contributed by atoms with Gasteiger partial charge in [0.25, 0.3) is 5.69 Å². The normalized spacial score (nSPS) is 14.2. The van der Waals surface area contributed by atoms with E-state index in [1.54, 1.807) is 23.5 Å². The Kier molecular flexibility index (Phi) is 7.64. The Morgan fingerprint density at radius 2 is 1.79 bits per heavy atom. The van der Waals surface area contributed by atoms with Gasteiger partial charge < -0.3 is 10.2 Å². The topological polar surface area (TPSA) is 91.6 Å². The van der Waals surface area contributed by atoms with Crippen molar-refractivity contribution in [2.75, 3.05) is 38.0 Å². The van der Waals surface area contributed by atoms with E-state index in [2.05, 4.69) is 27.7 Å². The number of rotatable bonds is 9. The van der Waals surface area contributed by atoms with Crippen molar-refractivity contribution in [2.24, 2.45) is 0 Å². The molecule has 0 aliphatic carbocycles. The molecule has 0 spiro atoms. The number of benzene rings is 2. The summed E-state index contributed by atoms with van der Waals surface area (Å²) in [5, 5.41) is 17.1. The van der Waals surface area contributed by atoms with Crippen LogP contribution in [0, 0.1) is 10.1 Å². The molecule has 4 rings (SSSR count). The van der Waals surface area contributed by atoms with Crippen molar-refractivity contribution >= 4 is 28.6 Å². The summed E-state index contributed by atoms with van der Waals surface area (Å²) in [5.41, 5.74) is 3.11. The molecule has 0 atom stereocenters. The third-order valence-corrected chi connectivity index (χ3v) is 6.60. The van der Waals surface area contributed by atoms with Crippen molar-refractivity contribution in [3.8, 4) is 10.6 Å². The molecule has 1 aliphatic heterocycles. The highest BCUT2D eigenvalue weighted by Gasteiger charge is 2.21. The third-order valence-electron chi connectivity index (χ3n) is 5.66. The first-order chi connectivity index (χ1) is 16.1. The molecular weight excluding hydrogens is 438 g/mol. The Balaban J connectivity index is 1.15. The lowest BCUT2D eigenvalue weighted by molar-refractivity contribution is -0.384.